The van der Waals surface area contributed by atoms with Gasteiger partial charge in [-0.05, 0) is 54.5 Å². The van der Waals surface area contributed by atoms with E-state index < -0.39 is 11.9 Å². The summed E-state index contributed by atoms with van der Waals surface area (Å²) < 4.78 is 11.3. The van der Waals surface area contributed by atoms with Gasteiger partial charge in [0.25, 0.3) is 0 Å². The molecular formula is C32H44N2O5. The number of likely N-dealkylation sites (tertiary alicyclic amines) is 1. The van der Waals surface area contributed by atoms with Gasteiger partial charge >= 0.3 is 5.97 Å². The van der Waals surface area contributed by atoms with E-state index in [4.69, 9.17) is 9.47 Å². The molecule has 0 spiro atoms. The number of hydrogen-bond acceptors (Lipinski definition) is 5. The van der Waals surface area contributed by atoms with Crippen molar-refractivity contribution < 1.29 is 24.2 Å². The Morgan fingerprint density at radius 1 is 1.10 bits per heavy atom. The Kier molecular flexibility index (Phi) is 10.3. The number of rotatable bonds is 14. The number of aryl methyl sites for hydroxylation is 1. The molecule has 1 unspecified atom stereocenters. The van der Waals surface area contributed by atoms with Crippen molar-refractivity contribution in [3.63, 3.8) is 0 Å². The van der Waals surface area contributed by atoms with Gasteiger partial charge in [-0.1, -0.05) is 57.0 Å². The zero-order valence-corrected chi connectivity index (χ0v) is 23.7. The van der Waals surface area contributed by atoms with E-state index in [0.29, 0.717) is 26.0 Å². The number of unbranched alkanes of at least 4 members (excludes halogenated alkanes) is 2. The van der Waals surface area contributed by atoms with Gasteiger partial charge in [-0.3, -0.25) is 14.5 Å². The van der Waals surface area contributed by atoms with E-state index in [1.165, 1.54) is 0 Å². The molecular weight excluding hydrogens is 492 g/mol. The Bertz CT molecular complexity index is 1110. The quantitative estimate of drug-likeness (QED) is 0.359. The summed E-state index contributed by atoms with van der Waals surface area (Å²) in [6.45, 7) is 7.25. The summed E-state index contributed by atoms with van der Waals surface area (Å²) in [5.41, 5.74) is 3.22. The zero-order valence-electron chi connectivity index (χ0n) is 23.7. The number of carboxylic acid groups (broad SMARTS) is 1. The fourth-order valence-electron chi connectivity index (χ4n) is 6.17. The van der Waals surface area contributed by atoms with Crippen LogP contribution in [-0.4, -0.2) is 72.7 Å². The predicted molar refractivity (Wildman–Crippen MR) is 153 cm³/mol. The van der Waals surface area contributed by atoms with E-state index >= 15 is 0 Å². The van der Waals surface area contributed by atoms with E-state index in [1.54, 1.807) is 7.11 Å². The van der Waals surface area contributed by atoms with Crippen molar-refractivity contribution in [2.45, 2.75) is 70.8 Å². The first-order valence-corrected chi connectivity index (χ1v) is 14.6. The number of amides is 1. The van der Waals surface area contributed by atoms with Crippen molar-refractivity contribution in [1.29, 1.82) is 0 Å². The highest BCUT2D eigenvalue weighted by Crippen LogP contribution is 2.41. The van der Waals surface area contributed by atoms with Crippen molar-refractivity contribution in [2.24, 2.45) is 5.92 Å². The summed E-state index contributed by atoms with van der Waals surface area (Å²) in [5, 5.41) is 10.5. The third kappa shape index (κ3) is 6.93. The van der Waals surface area contributed by atoms with E-state index in [0.717, 1.165) is 73.4 Å². The van der Waals surface area contributed by atoms with E-state index in [-0.39, 0.29) is 24.4 Å². The van der Waals surface area contributed by atoms with Crippen LogP contribution in [0, 0.1) is 5.92 Å². The molecule has 1 amide bonds. The van der Waals surface area contributed by atoms with Gasteiger partial charge < -0.3 is 19.5 Å². The monoisotopic (exact) mass is 536 g/mol. The molecule has 1 fully saturated rings. The molecule has 39 heavy (non-hydrogen) atoms. The SMILES string of the molecule is CCCCN(CCCC)C(=O)CN1C[C@H](c2ccc3c(c2)CCO3)C(C(=O)O)[C@@H]1CCc1ccccc1OC. The third-order valence-corrected chi connectivity index (χ3v) is 8.33. The molecule has 2 heterocycles. The van der Waals surface area contributed by atoms with Gasteiger partial charge in [0, 0.05) is 38.0 Å². The van der Waals surface area contributed by atoms with Crippen LogP contribution in [0.4, 0.5) is 0 Å². The molecule has 7 nitrogen and oxygen atoms in total. The highest BCUT2D eigenvalue weighted by Gasteiger charge is 2.47. The van der Waals surface area contributed by atoms with Gasteiger partial charge in [0.15, 0.2) is 0 Å². The average molecular weight is 537 g/mol. The van der Waals surface area contributed by atoms with E-state index in [9.17, 15) is 14.7 Å². The summed E-state index contributed by atoms with van der Waals surface area (Å²) in [6.07, 6.45) is 6.19. The maximum Gasteiger partial charge on any atom is 0.308 e. The van der Waals surface area contributed by atoms with Crippen molar-refractivity contribution in [3.8, 4) is 11.5 Å². The van der Waals surface area contributed by atoms with Crippen LogP contribution in [0.25, 0.3) is 0 Å². The smallest absolute Gasteiger partial charge is 0.308 e. The summed E-state index contributed by atoms with van der Waals surface area (Å²) in [6, 6.07) is 13.8. The lowest BCUT2D eigenvalue weighted by Crippen LogP contribution is -2.44. The third-order valence-electron chi connectivity index (χ3n) is 8.33. The van der Waals surface area contributed by atoms with Crippen LogP contribution in [0.15, 0.2) is 42.5 Å². The Labute approximate surface area is 233 Å². The minimum Gasteiger partial charge on any atom is -0.496 e. The second-order valence-electron chi connectivity index (χ2n) is 10.9. The molecule has 2 aliphatic heterocycles. The Morgan fingerprint density at radius 3 is 2.54 bits per heavy atom. The minimum atomic E-state index is -0.800. The molecule has 1 N–H and O–H groups in total. The normalized spacial score (nSPS) is 20.4. The zero-order chi connectivity index (χ0) is 27.8. The number of ether oxygens (including phenoxy) is 2. The lowest BCUT2D eigenvalue weighted by Gasteiger charge is -2.30. The van der Waals surface area contributed by atoms with Crippen LogP contribution >= 0.6 is 0 Å². The number of carbonyl (C=O) groups is 2. The fraction of sp³-hybridized carbons (Fsp3) is 0.562. The molecule has 2 aromatic carbocycles. The van der Waals surface area contributed by atoms with Crippen LogP contribution in [0.2, 0.25) is 0 Å². The van der Waals surface area contributed by atoms with Crippen LogP contribution < -0.4 is 9.47 Å². The molecule has 2 aliphatic rings. The Hall–Kier alpha value is -3.06. The topological polar surface area (TPSA) is 79.3 Å². The number of benzene rings is 2. The average Bonchev–Trinajstić information content (AvgIpc) is 3.56. The van der Waals surface area contributed by atoms with Gasteiger partial charge in [-0.25, -0.2) is 0 Å². The maximum atomic E-state index is 13.6. The van der Waals surface area contributed by atoms with Gasteiger partial charge in [-0.2, -0.15) is 0 Å². The molecule has 2 aromatic rings. The molecule has 212 valence electrons. The largest absolute Gasteiger partial charge is 0.496 e. The summed E-state index contributed by atoms with van der Waals surface area (Å²) >= 11 is 0. The highest BCUT2D eigenvalue weighted by atomic mass is 16.5. The Balaban J connectivity index is 1.61. The van der Waals surface area contributed by atoms with Crippen LogP contribution in [0.1, 0.15) is 68.6 Å². The van der Waals surface area contributed by atoms with Crippen LogP contribution in [0.3, 0.4) is 0 Å². The molecule has 3 atom stereocenters. The molecule has 0 bridgehead atoms. The van der Waals surface area contributed by atoms with Gasteiger partial charge in [0.1, 0.15) is 11.5 Å². The molecule has 7 heteroatoms. The van der Waals surface area contributed by atoms with Crippen molar-refractivity contribution in [1.82, 2.24) is 9.80 Å². The molecule has 0 radical (unpaired) electrons. The lowest BCUT2D eigenvalue weighted by atomic mass is 9.83. The Morgan fingerprint density at radius 2 is 1.85 bits per heavy atom. The number of carboxylic acids is 1. The van der Waals surface area contributed by atoms with Crippen LogP contribution in [0.5, 0.6) is 11.5 Å². The first-order valence-electron chi connectivity index (χ1n) is 14.6. The molecule has 0 aliphatic carbocycles. The summed E-state index contributed by atoms with van der Waals surface area (Å²) in [5.74, 6) is 0.212. The molecule has 0 saturated carbocycles. The number of carbonyl (C=O) groups excluding carboxylic acids is 1. The number of hydrogen-bond donors (Lipinski definition) is 1. The predicted octanol–water partition coefficient (Wildman–Crippen LogP) is 5.16. The molecule has 4 rings (SSSR count). The van der Waals surface area contributed by atoms with Crippen molar-refractivity contribution >= 4 is 11.9 Å². The van der Waals surface area contributed by atoms with Gasteiger partial charge in [-0.15, -0.1) is 0 Å². The summed E-state index contributed by atoms with van der Waals surface area (Å²) in [4.78, 5) is 30.6. The molecule has 1 saturated heterocycles. The number of methoxy groups -OCH3 is 1. The maximum absolute atomic E-state index is 13.6. The first-order chi connectivity index (χ1) is 19.0. The van der Waals surface area contributed by atoms with Crippen LogP contribution in [-0.2, 0) is 22.4 Å². The van der Waals surface area contributed by atoms with Gasteiger partial charge in [0.05, 0.1) is 26.2 Å². The van der Waals surface area contributed by atoms with E-state index in [1.807, 2.05) is 41.3 Å². The second kappa shape index (κ2) is 13.8. The minimum absolute atomic E-state index is 0.103. The fourth-order valence-corrected chi connectivity index (χ4v) is 6.17. The number of nitrogens with zero attached hydrogens (tertiary/aromatic N) is 2. The lowest BCUT2D eigenvalue weighted by molar-refractivity contribution is -0.143. The highest BCUT2D eigenvalue weighted by molar-refractivity contribution is 5.79. The number of aliphatic carboxylic acids is 1. The first kappa shape index (κ1) is 28.9. The molecule has 0 aromatic heterocycles. The number of fused-ring (bicyclic) bond motifs is 1. The van der Waals surface area contributed by atoms with E-state index in [2.05, 4.69) is 24.8 Å². The number of para-hydroxylation sites is 1. The van der Waals surface area contributed by atoms with Crippen molar-refractivity contribution in [3.05, 3.63) is 59.2 Å². The van der Waals surface area contributed by atoms with Crippen molar-refractivity contribution in [2.75, 3.05) is 39.9 Å². The summed E-state index contributed by atoms with van der Waals surface area (Å²) in [7, 11) is 1.66. The standard InChI is InChI=1S/C32H44N2O5/c1-4-6-17-33(18-7-5-2)30(35)22-34-21-26(24-13-15-29-25(20-24)16-19-39-29)31(32(36)37)27(34)14-12-23-10-8-9-11-28(23)38-3/h8-11,13,15,20,26-27,31H,4-7,12,14,16-19,21-22H2,1-3H3,(H,36,37)/t26-,27+,31?/m1/s1. The second-order valence-corrected chi connectivity index (χ2v) is 10.9. The van der Waals surface area contributed by atoms with Gasteiger partial charge in [0.2, 0.25) is 5.91 Å².